The number of hydrogen-bond acceptors (Lipinski definition) is 6. The summed E-state index contributed by atoms with van der Waals surface area (Å²) in [5.41, 5.74) is 4.39. The number of likely N-dealkylation sites (N-methyl/N-ethyl adjacent to an activating group) is 2. The van der Waals surface area contributed by atoms with Crippen molar-refractivity contribution in [3.05, 3.63) is 76.3 Å². The minimum atomic E-state index is -0.600. The van der Waals surface area contributed by atoms with E-state index in [0.717, 1.165) is 27.0 Å². The van der Waals surface area contributed by atoms with Crippen LogP contribution in [0, 0.1) is 0 Å². The predicted molar refractivity (Wildman–Crippen MR) is 143 cm³/mol. The molecule has 1 unspecified atom stereocenters. The van der Waals surface area contributed by atoms with Gasteiger partial charge in [-0.2, -0.15) is 0 Å². The van der Waals surface area contributed by atoms with Gasteiger partial charge >= 0.3 is 0 Å². The lowest BCUT2D eigenvalue weighted by Gasteiger charge is -2.20. The summed E-state index contributed by atoms with van der Waals surface area (Å²) >= 11 is 3.47. The van der Waals surface area contributed by atoms with Crippen LogP contribution in [-0.2, 0) is 9.59 Å². The summed E-state index contributed by atoms with van der Waals surface area (Å²) in [4.78, 5) is 34.0. The zero-order valence-corrected chi connectivity index (χ0v) is 21.7. The van der Waals surface area contributed by atoms with Crippen LogP contribution in [0.15, 0.2) is 70.1 Å². The average Bonchev–Trinajstić information content (AvgIpc) is 3.44. The molecule has 2 heterocycles. The molecule has 1 N–H and O–H groups in total. The minimum absolute atomic E-state index is 0.0114. The van der Waals surface area contributed by atoms with E-state index >= 15 is 0 Å². The van der Waals surface area contributed by atoms with Crippen LogP contribution in [0.25, 0.3) is 0 Å². The molecule has 0 aromatic heterocycles. The molecule has 2 aliphatic rings. The summed E-state index contributed by atoms with van der Waals surface area (Å²) in [6.45, 7) is 0.477. The second-order valence-corrected chi connectivity index (χ2v) is 9.84. The Morgan fingerprint density at radius 3 is 2.53 bits per heavy atom. The lowest BCUT2D eigenvalue weighted by atomic mass is 9.90. The fourth-order valence-corrected chi connectivity index (χ4v) is 4.63. The molecule has 0 saturated carbocycles. The number of benzene rings is 3. The molecule has 5 rings (SSSR count). The molecule has 1 atom stereocenters. The molecule has 0 spiro atoms. The Morgan fingerprint density at radius 1 is 1.03 bits per heavy atom. The molecule has 9 heteroatoms. The van der Waals surface area contributed by atoms with E-state index < -0.39 is 5.92 Å². The van der Waals surface area contributed by atoms with Gasteiger partial charge < -0.3 is 24.6 Å². The van der Waals surface area contributed by atoms with Gasteiger partial charge in [0.2, 0.25) is 18.6 Å². The van der Waals surface area contributed by atoms with Crippen molar-refractivity contribution in [2.75, 3.05) is 44.7 Å². The van der Waals surface area contributed by atoms with E-state index in [1.54, 1.807) is 11.9 Å². The van der Waals surface area contributed by atoms with Crippen LogP contribution in [0.4, 0.5) is 17.1 Å². The maximum atomic E-state index is 13.2. The van der Waals surface area contributed by atoms with E-state index in [1.807, 2.05) is 79.7 Å². The maximum absolute atomic E-state index is 13.2. The van der Waals surface area contributed by atoms with Crippen LogP contribution < -0.4 is 19.7 Å². The van der Waals surface area contributed by atoms with Gasteiger partial charge in [0.1, 0.15) is 5.92 Å². The Labute approximate surface area is 217 Å². The molecule has 0 saturated heterocycles. The molecule has 0 aliphatic carbocycles. The van der Waals surface area contributed by atoms with Crippen molar-refractivity contribution in [2.24, 2.45) is 4.99 Å². The van der Waals surface area contributed by atoms with Crippen LogP contribution in [0.2, 0.25) is 0 Å². The predicted octanol–water partition coefficient (Wildman–Crippen LogP) is 4.56. The van der Waals surface area contributed by atoms with Crippen molar-refractivity contribution < 1.29 is 19.1 Å². The van der Waals surface area contributed by atoms with Gasteiger partial charge in [-0.3, -0.25) is 14.6 Å². The van der Waals surface area contributed by atoms with E-state index in [4.69, 9.17) is 14.5 Å². The number of halogens is 1. The first-order valence-corrected chi connectivity index (χ1v) is 12.2. The highest BCUT2D eigenvalue weighted by atomic mass is 79.9. The first-order valence-electron chi connectivity index (χ1n) is 11.4. The minimum Gasteiger partial charge on any atom is -0.454 e. The number of carbonyl (C=O) groups excluding carboxylic acids is 2. The van der Waals surface area contributed by atoms with Crippen molar-refractivity contribution >= 4 is 50.5 Å². The Kier molecular flexibility index (Phi) is 6.51. The molecule has 2 amide bonds. The number of hydrogen-bond donors (Lipinski definition) is 1. The smallest absolute Gasteiger partial charge is 0.240 e. The molecular formula is C27H25BrN4O4. The molecule has 184 valence electrons. The molecule has 0 fully saturated rings. The summed E-state index contributed by atoms with van der Waals surface area (Å²) in [7, 11) is 5.47. The van der Waals surface area contributed by atoms with E-state index in [-0.39, 0.29) is 18.6 Å². The molecule has 2 aliphatic heterocycles. The highest BCUT2D eigenvalue weighted by molar-refractivity contribution is 9.10. The molecule has 3 aromatic rings. The highest BCUT2D eigenvalue weighted by Gasteiger charge is 2.36. The molecule has 0 radical (unpaired) electrons. The van der Waals surface area contributed by atoms with E-state index in [2.05, 4.69) is 21.2 Å². The summed E-state index contributed by atoms with van der Waals surface area (Å²) in [6, 6.07) is 18.7. The number of anilines is 2. The lowest BCUT2D eigenvalue weighted by molar-refractivity contribution is -0.119. The van der Waals surface area contributed by atoms with Crippen LogP contribution in [-0.4, -0.2) is 56.9 Å². The largest absolute Gasteiger partial charge is 0.454 e. The number of ether oxygens (including phenoxy) is 2. The van der Waals surface area contributed by atoms with Gasteiger partial charge in [-0.05, 0) is 74.3 Å². The maximum Gasteiger partial charge on any atom is 0.240 e. The van der Waals surface area contributed by atoms with Gasteiger partial charge in [-0.15, -0.1) is 0 Å². The monoisotopic (exact) mass is 548 g/mol. The van der Waals surface area contributed by atoms with Crippen molar-refractivity contribution in [3.8, 4) is 11.5 Å². The average molecular weight is 549 g/mol. The number of aliphatic imine (C=N–C) groups is 1. The van der Waals surface area contributed by atoms with Gasteiger partial charge in [0.25, 0.3) is 0 Å². The van der Waals surface area contributed by atoms with Gasteiger partial charge in [0, 0.05) is 28.5 Å². The Morgan fingerprint density at radius 2 is 1.78 bits per heavy atom. The Hall–Kier alpha value is -3.69. The number of carbonyl (C=O) groups is 2. The first kappa shape index (κ1) is 24.0. The summed E-state index contributed by atoms with van der Waals surface area (Å²) < 4.78 is 11.9. The molecule has 3 aromatic carbocycles. The van der Waals surface area contributed by atoms with Crippen LogP contribution in [0.5, 0.6) is 11.5 Å². The van der Waals surface area contributed by atoms with Crippen molar-refractivity contribution in [1.82, 2.24) is 4.90 Å². The number of amides is 2. The van der Waals surface area contributed by atoms with Gasteiger partial charge in [-0.25, -0.2) is 0 Å². The number of nitrogens with one attached hydrogen (secondary N) is 1. The molecule has 36 heavy (non-hydrogen) atoms. The molecular weight excluding hydrogens is 524 g/mol. The zero-order valence-electron chi connectivity index (χ0n) is 20.1. The van der Waals surface area contributed by atoms with Crippen molar-refractivity contribution in [1.29, 1.82) is 0 Å². The van der Waals surface area contributed by atoms with Crippen LogP contribution in [0.1, 0.15) is 17.0 Å². The highest BCUT2D eigenvalue weighted by Crippen LogP contribution is 2.40. The Balaban J connectivity index is 1.54. The lowest BCUT2D eigenvalue weighted by Crippen LogP contribution is -2.34. The quantitative estimate of drug-likeness (QED) is 0.456. The SMILES string of the molecule is CN(C)CC(=O)N(C)c1ccc(N=C(c2ccc3c(c2)OCO3)C2C(=O)Nc3cc(Br)ccc32)cc1. The second kappa shape index (κ2) is 9.75. The third-order valence-electron chi connectivity index (χ3n) is 6.10. The van der Waals surface area contributed by atoms with Crippen molar-refractivity contribution in [2.45, 2.75) is 5.92 Å². The normalized spacial score (nSPS) is 16.2. The number of nitrogens with zero attached hydrogens (tertiary/aromatic N) is 3. The van der Waals surface area contributed by atoms with Gasteiger partial charge in [-0.1, -0.05) is 22.0 Å². The topological polar surface area (TPSA) is 83.5 Å². The van der Waals surface area contributed by atoms with Crippen molar-refractivity contribution in [3.63, 3.8) is 0 Å². The molecule has 0 bridgehead atoms. The van der Waals surface area contributed by atoms with Crippen LogP contribution >= 0.6 is 15.9 Å². The van der Waals surface area contributed by atoms with Gasteiger partial charge in [0.05, 0.1) is 17.9 Å². The van der Waals surface area contributed by atoms with E-state index in [0.29, 0.717) is 29.4 Å². The van der Waals surface area contributed by atoms with E-state index in [9.17, 15) is 9.59 Å². The Bertz CT molecular complexity index is 1370. The summed E-state index contributed by atoms with van der Waals surface area (Å²) in [5.74, 6) is 0.518. The third kappa shape index (κ3) is 4.72. The van der Waals surface area contributed by atoms with Crippen LogP contribution in [0.3, 0.4) is 0 Å². The fraction of sp³-hybridized carbons (Fsp3) is 0.222. The number of rotatable bonds is 6. The number of fused-ring (bicyclic) bond motifs is 2. The summed E-state index contributed by atoms with van der Waals surface area (Å²) in [5, 5.41) is 2.97. The van der Waals surface area contributed by atoms with Gasteiger partial charge in [0.15, 0.2) is 11.5 Å². The summed E-state index contributed by atoms with van der Waals surface area (Å²) in [6.07, 6.45) is 0. The standard InChI is InChI=1S/C27H25BrN4O4/c1-31(2)14-24(33)32(3)19-8-6-18(7-9-19)29-26(16-4-11-22-23(12-16)36-15-35-22)25-20-10-5-17(28)13-21(20)30-27(25)34/h4-13,25H,14-15H2,1-3H3,(H,30,34). The zero-order chi connectivity index (χ0) is 25.4. The second-order valence-electron chi connectivity index (χ2n) is 8.93. The molecule has 8 nitrogen and oxygen atoms in total. The fourth-order valence-electron chi connectivity index (χ4n) is 4.27. The first-order chi connectivity index (χ1) is 17.3. The van der Waals surface area contributed by atoms with E-state index in [1.165, 1.54) is 0 Å². The third-order valence-corrected chi connectivity index (χ3v) is 6.59.